The van der Waals surface area contributed by atoms with Crippen molar-refractivity contribution in [3.63, 3.8) is 0 Å². The van der Waals surface area contributed by atoms with Crippen LogP contribution in [-0.4, -0.2) is 28.7 Å². The molecular formula is C9H10N4S. The molecule has 4 nitrogen and oxygen atoms in total. The van der Waals surface area contributed by atoms with Crippen LogP contribution in [0, 0.1) is 0 Å². The van der Waals surface area contributed by atoms with Crippen LogP contribution < -0.4 is 5.43 Å². The van der Waals surface area contributed by atoms with Gasteiger partial charge in [-0.1, -0.05) is 17.8 Å². The lowest BCUT2D eigenvalue weighted by Gasteiger charge is -2.13. The lowest BCUT2D eigenvalue weighted by Crippen LogP contribution is -2.25. The topological polar surface area (TPSA) is 49.6 Å². The van der Waals surface area contributed by atoms with Gasteiger partial charge in [-0.05, 0) is 12.1 Å². The van der Waals surface area contributed by atoms with Crippen molar-refractivity contribution in [2.24, 2.45) is 10.1 Å². The van der Waals surface area contributed by atoms with Crippen LogP contribution >= 0.6 is 11.8 Å². The molecule has 1 aromatic rings. The number of pyridine rings is 1. The van der Waals surface area contributed by atoms with Crippen LogP contribution in [0.5, 0.6) is 0 Å². The first-order chi connectivity index (χ1) is 6.90. The Hall–Kier alpha value is -1.36. The van der Waals surface area contributed by atoms with E-state index in [9.17, 15) is 0 Å². The average Bonchev–Trinajstić information content (AvgIpc) is 2.30. The van der Waals surface area contributed by atoms with Crippen LogP contribution in [0.4, 0.5) is 0 Å². The summed E-state index contributed by atoms with van der Waals surface area (Å²) < 4.78 is 0. The van der Waals surface area contributed by atoms with Crippen molar-refractivity contribution < 1.29 is 0 Å². The molecule has 1 N–H and O–H groups in total. The second-order valence-corrected chi connectivity index (χ2v) is 3.67. The number of rotatable bonds is 1. The summed E-state index contributed by atoms with van der Waals surface area (Å²) in [5.41, 5.74) is 4.76. The summed E-state index contributed by atoms with van der Waals surface area (Å²) in [6.07, 6.45) is 1.77. The van der Waals surface area contributed by atoms with Gasteiger partial charge in [-0.3, -0.25) is 15.4 Å². The smallest absolute Gasteiger partial charge is 0.177 e. The van der Waals surface area contributed by atoms with E-state index in [0.29, 0.717) is 0 Å². The minimum atomic E-state index is 0.816. The predicted molar refractivity (Wildman–Crippen MR) is 59.7 cm³/mol. The zero-order chi connectivity index (χ0) is 9.80. The van der Waals surface area contributed by atoms with Crippen molar-refractivity contribution in [3.8, 4) is 0 Å². The molecule has 2 rings (SSSR count). The van der Waals surface area contributed by atoms with Gasteiger partial charge in [-0.25, -0.2) is 0 Å². The van der Waals surface area contributed by atoms with Crippen molar-refractivity contribution in [2.75, 3.05) is 12.8 Å². The fourth-order valence-electron chi connectivity index (χ4n) is 1.10. The van der Waals surface area contributed by atoms with Gasteiger partial charge >= 0.3 is 0 Å². The van der Waals surface area contributed by atoms with Crippen LogP contribution in [0.1, 0.15) is 5.69 Å². The highest BCUT2D eigenvalue weighted by Crippen LogP contribution is 2.11. The summed E-state index contributed by atoms with van der Waals surface area (Å²) >= 11 is 1.63. The highest BCUT2D eigenvalue weighted by molar-refractivity contribution is 8.14. The first kappa shape index (κ1) is 9.21. The summed E-state index contributed by atoms with van der Waals surface area (Å²) in [4.78, 5) is 8.25. The number of hydrazone groups is 1. The molecule has 0 bridgehead atoms. The molecule has 0 saturated heterocycles. The Morgan fingerprint density at radius 2 is 2.43 bits per heavy atom. The number of aromatic nitrogens is 1. The van der Waals surface area contributed by atoms with Crippen LogP contribution in [0.15, 0.2) is 34.5 Å². The van der Waals surface area contributed by atoms with Gasteiger partial charge in [0.15, 0.2) is 5.17 Å². The van der Waals surface area contributed by atoms with Crippen LogP contribution in [0.2, 0.25) is 0 Å². The van der Waals surface area contributed by atoms with Gasteiger partial charge in [0.05, 0.1) is 11.4 Å². The average molecular weight is 206 g/mol. The van der Waals surface area contributed by atoms with Gasteiger partial charge in [0.1, 0.15) is 0 Å². The third-order valence-electron chi connectivity index (χ3n) is 1.80. The van der Waals surface area contributed by atoms with E-state index in [-0.39, 0.29) is 0 Å². The lowest BCUT2D eigenvalue weighted by atomic mass is 10.2. The van der Waals surface area contributed by atoms with E-state index in [1.807, 2.05) is 18.2 Å². The highest BCUT2D eigenvalue weighted by atomic mass is 32.2. The zero-order valence-electron chi connectivity index (χ0n) is 7.77. The number of hydrogen-bond donors (Lipinski definition) is 1. The molecule has 0 amide bonds. The molecule has 0 saturated carbocycles. The monoisotopic (exact) mass is 206 g/mol. The molecule has 0 spiro atoms. The van der Waals surface area contributed by atoms with Crippen molar-refractivity contribution in [3.05, 3.63) is 30.1 Å². The third-order valence-corrected chi connectivity index (χ3v) is 2.76. The van der Waals surface area contributed by atoms with E-state index in [0.717, 1.165) is 22.3 Å². The molecule has 14 heavy (non-hydrogen) atoms. The largest absolute Gasteiger partial charge is 0.265 e. The molecule has 0 radical (unpaired) electrons. The normalized spacial score (nSPS) is 18.9. The maximum absolute atomic E-state index is 4.23. The zero-order valence-corrected chi connectivity index (χ0v) is 8.58. The summed E-state index contributed by atoms with van der Waals surface area (Å²) in [6.45, 7) is 0. The van der Waals surface area contributed by atoms with E-state index >= 15 is 0 Å². The maximum atomic E-state index is 4.23. The quantitative estimate of drug-likeness (QED) is 0.748. The Labute approximate surface area is 86.5 Å². The second kappa shape index (κ2) is 4.23. The van der Waals surface area contributed by atoms with Crippen molar-refractivity contribution >= 4 is 22.6 Å². The van der Waals surface area contributed by atoms with Crippen LogP contribution in [0.25, 0.3) is 0 Å². The summed E-state index contributed by atoms with van der Waals surface area (Å²) in [5, 5.41) is 5.06. The number of hydrogen-bond acceptors (Lipinski definition) is 4. The molecular weight excluding hydrogens is 196 g/mol. The van der Waals surface area contributed by atoms with E-state index in [4.69, 9.17) is 0 Å². The van der Waals surface area contributed by atoms with Gasteiger partial charge < -0.3 is 0 Å². The van der Waals surface area contributed by atoms with Crippen LogP contribution in [-0.2, 0) is 0 Å². The molecule has 2 heterocycles. The number of nitrogens with zero attached hydrogens (tertiary/aromatic N) is 3. The van der Waals surface area contributed by atoms with E-state index < -0.39 is 0 Å². The molecule has 0 aliphatic carbocycles. The van der Waals surface area contributed by atoms with Gasteiger partial charge in [0.2, 0.25) is 0 Å². The van der Waals surface area contributed by atoms with Crippen molar-refractivity contribution in [2.45, 2.75) is 0 Å². The Morgan fingerprint density at radius 3 is 3.00 bits per heavy atom. The number of thioether (sulfide) groups is 1. The molecule has 1 aliphatic rings. The minimum absolute atomic E-state index is 0.816. The molecule has 0 aromatic carbocycles. The Kier molecular flexibility index (Phi) is 2.78. The van der Waals surface area contributed by atoms with E-state index in [2.05, 4.69) is 20.5 Å². The summed E-state index contributed by atoms with van der Waals surface area (Å²) in [7, 11) is 1.75. The van der Waals surface area contributed by atoms with Crippen molar-refractivity contribution in [1.29, 1.82) is 0 Å². The van der Waals surface area contributed by atoms with Gasteiger partial charge in [0, 0.05) is 19.0 Å². The third kappa shape index (κ3) is 1.93. The Morgan fingerprint density at radius 1 is 1.50 bits per heavy atom. The molecule has 72 valence electrons. The molecule has 0 unspecified atom stereocenters. The van der Waals surface area contributed by atoms with Gasteiger partial charge in [-0.15, -0.1) is 0 Å². The number of aliphatic imine (C=N–C) groups is 1. The number of nitrogens with one attached hydrogen (secondary N) is 1. The van der Waals surface area contributed by atoms with E-state index in [1.165, 1.54) is 0 Å². The Balaban J connectivity index is 2.19. The SMILES string of the molecule is CN=C1NN=C(c2ccccn2)CS1. The molecule has 0 atom stereocenters. The second-order valence-electron chi connectivity index (χ2n) is 2.70. The first-order valence-corrected chi connectivity index (χ1v) is 5.22. The molecule has 1 aromatic heterocycles. The highest BCUT2D eigenvalue weighted by Gasteiger charge is 2.12. The molecule has 1 aliphatic heterocycles. The number of amidine groups is 1. The van der Waals surface area contributed by atoms with E-state index in [1.54, 1.807) is 25.0 Å². The van der Waals surface area contributed by atoms with Gasteiger partial charge in [-0.2, -0.15) is 5.10 Å². The lowest BCUT2D eigenvalue weighted by molar-refractivity contribution is 1.02. The summed E-state index contributed by atoms with van der Waals surface area (Å²) in [6, 6.07) is 5.81. The predicted octanol–water partition coefficient (Wildman–Crippen LogP) is 1.11. The first-order valence-electron chi connectivity index (χ1n) is 4.23. The maximum Gasteiger partial charge on any atom is 0.177 e. The van der Waals surface area contributed by atoms with Gasteiger partial charge in [0.25, 0.3) is 0 Å². The van der Waals surface area contributed by atoms with Crippen molar-refractivity contribution in [1.82, 2.24) is 10.4 Å². The summed E-state index contributed by atoms with van der Waals surface area (Å²) in [5.74, 6) is 0.816. The van der Waals surface area contributed by atoms with Crippen LogP contribution in [0.3, 0.4) is 0 Å². The standard InChI is InChI=1S/C9H10N4S/c1-10-9-13-12-8(6-14-9)7-4-2-3-5-11-7/h2-5H,6H2,1H3,(H,10,13). The Bertz CT molecular complexity index is 372. The molecule has 5 heteroatoms. The fraction of sp³-hybridized carbons (Fsp3) is 0.222. The molecule has 0 fully saturated rings. The fourth-order valence-corrected chi connectivity index (χ4v) is 1.82. The minimum Gasteiger partial charge on any atom is -0.265 e.